The molecule has 1 N–H and O–H groups in total. The first-order chi connectivity index (χ1) is 13.3. The predicted octanol–water partition coefficient (Wildman–Crippen LogP) is 5.52. The summed E-state index contributed by atoms with van der Waals surface area (Å²) in [6, 6.07) is 8.49. The van der Waals surface area contributed by atoms with Crippen molar-refractivity contribution in [3.8, 4) is 0 Å². The van der Waals surface area contributed by atoms with E-state index in [0.29, 0.717) is 0 Å². The maximum absolute atomic E-state index is 4.96. The Kier molecular flexibility index (Phi) is 3.59. The molecule has 1 aliphatic carbocycles. The van der Waals surface area contributed by atoms with E-state index in [1.807, 2.05) is 6.20 Å². The summed E-state index contributed by atoms with van der Waals surface area (Å²) in [4.78, 5) is 18.2. The summed E-state index contributed by atoms with van der Waals surface area (Å²) in [5, 5.41) is 5.66. The number of hydrogen-bond donors (Lipinski definition) is 1. The minimum atomic E-state index is 0.730. The molecule has 0 spiro atoms. The van der Waals surface area contributed by atoms with Crippen molar-refractivity contribution in [3.05, 3.63) is 35.3 Å². The minimum absolute atomic E-state index is 0.730. The molecule has 5 nitrogen and oxygen atoms in total. The quantitative estimate of drug-likeness (QED) is 0.494. The van der Waals surface area contributed by atoms with Crippen LogP contribution in [0.5, 0.6) is 0 Å². The van der Waals surface area contributed by atoms with Crippen LogP contribution in [0.1, 0.15) is 36.5 Å². The Bertz CT molecular complexity index is 1140. The molecule has 2 fully saturated rings. The van der Waals surface area contributed by atoms with Crippen LogP contribution in [0.4, 0.5) is 16.9 Å². The van der Waals surface area contributed by atoms with Gasteiger partial charge in [0.1, 0.15) is 0 Å². The van der Waals surface area contributed by atoms with Gasteiger partial charge in [0, 0.05) is 34.2 Å². The maximum Gasteiger partial charge on any atom is 0.227 e. The Morgan fingerprint density at radius 1 is 1.04 bits per heavy atom. The molecule has 3 aromatic heterocycles. The van der Waals surface area contributed by atoms with Crippen LogP contribution < -0.4 is 10.2 Å². The fraction of sp³-hybridized carbons (Fsp3) is 0.350. The zero-order valence-electron chi connectivity index (χ0n) is 14.8. The third-order valence-corrected chi connectivity index (χ3v) is 7.57. The highest BCUT2D eigenvalue weighted by molar-refractivity contribution is 7.26. The molecule has 0 unspecified atom stereocenters. The average Bonchev–Trinajstić information content (AvgIpc) is 3.11. The van der Waals surface area contributed by atoms with Gasteiger partial charge in [0.15, 0.2) is 10.9 Å². The van der Waals surface area contributed by atoms with E-state index in [-0.39, 0.29) is 0 Å². The van der Waals surface area contributed by atoms with Crippen molar-refractivity contribution in [1.82, 2.24) is 15.0 Å². The lowest BCUT2D eigenvalue weighted by Crippen LogP contribution is -2.20. The molecule has 0 bridgehead atoms. The zero-order chi connectivity index (χ0) is 17.8. The average molecular weight is 394 g/mol. The summed E-state index contributed by atoms with van der Waals surface area (Å²) in [5.41, 5.74) is 1.05. The van der Waals surface area contributed by atoms with Gasteiger partial charge in [-0.1, -0.05) is 18.2 Å². The van der Waals surface area contributed by atoms with Crippen molar-refractivity contribution in [2.45, 2.75) is 31.6 Å². The topological polar surface area (TPSA) is 53.9 Å². The van der Waals surface area contributed by atoms with E-state index < -0.39 is 0 Å². The number of benzene rings is 1. The van der Waals surface area contributed by atoms with Crippen LogP contribution in [0.15, 0.2) is 30.5 Å². The van der Waals surface area contributed by atoms with Gasteiger partial charge in [-0.05, 0) is 37.7 Å². The smallest absolute Gasteiger partial charge is 0.227 e. The first kappa shape index (κ1) is 15.8. The predicted molar refractivity (Wildman–Crippen MR) is 114 cm³/mol. The number of anilines is 3. The summed E-state index contributed by atoms with van der Waals surface area (Å²) in [5.74, 6) is 2.46. The fourth-order valence-electron chi connectivity index (χ4n) is 3.72. The number of aromatic nitrogens is 3. The van der Waals surface area contributed by atoms with Crippen LogP contribution in [0.2, 0.25) is 0 Å². The number of thiophene rings is 1. The van der Waals surface area contributed by atoms with Gasteiger partial charge < -0.3 is 10.2 Å². The summed E-state index contributed by atoms with van der Waals surface area (Å²) in [6.45, 7) is 2.08. The molecule has 1 aliphatic heterocycles. The first-order valence-electron chi connectivity index (χ1n) is 9.52. The van der Waals surface area contributed by atoms with Gasteiger partial charge in [-0.25, -0.2) is 9.97 Å². The van der Waals surface area contributed by atoms with Crippen LogP contribution in [-0.4, -0.2) is 28.0 Å². The van der Waals surface area contributed by atoms with E-state index in [2.05, 4.69) is 39.5 Å². The number of nitrogens with one attached hydrogen (secondary N) is 1. The van der Waals surface area contributed by atoms with Crippen molar-refractivity contribution in [3.63, 3.8) is 0 Å². The van der Waals surface area contributed by atoms with E-state index in [9.17, 15) is 0 Å². The molecule has 0 amide bonds. The van der Waals surface area contributed by atoms with E-state index in [0.717, 1.165) is 46.1 Å². The van der Waals surface area contributed by atoms with Crippen molar-refractivity contribution in [2.24, 2.45) is 0 Å². The van der Waals surface area contributed by atoms with E-state index in [4.69, 9.17) is 9.97 Å². The molecule has 1 saturated heterocycles. The minimum Gasteiger partial charge on any atom is -0.341 e. The normalized spacial score (nSPS) is 17.3. The van der Waals surface area contributed by atoms with E-state index in [1.165, 1.54) is 40.6 Å². The van der Waals surface area contributed by atoms with Crippen molar-refractivity contribution in [1.29, 1.82) is 0 Å². The SMILES string of the molecule is c1ccc2c(c1)sc1c(Nc3ncc(C4CC4)s3)nc(N3CCCC3)nc12. The second-order valence-electron chi connectivity index (χ2n) is 7.31. The molecule has 1 saturated carbocycles. The lowest BCUT2D eigenvalue weighted by atomic mass is 10.2. The number of nitrogens with zero attached hydrogens (tertiary/aromatic N) is 4. The Morgan fingerprint density at radius 2 is 1.89 bits per heavy atom. The molecular weight excluding hydrogens is 374 g/mol. The van der Waals surface area contributed by atoms with Gasteiger partial charge in [0.2, 0.25) is 5.95 Å². The molecule has 0 atom stereocenters. The van der Waals surface area contributed by atoms with Gasteiger partial charge in [-0.2, -0.15) is 4.98 Å². The molecule has 7 heteroatoms. The Morgan fingerprint density at radius 3 is 2.74 bits per heavy atom. The molecule has 27 heavy (non-hydrogen) atoms. The third-order valence-electron chi connectivity index (χ3n) is 5.33. The number of fused-ring (bicyclic) bond motifs is 3. The zero-order valence-corrected chi connectivity index (χ0v) is 16.4. The van der Waals surface area contributed by atoms with E-state index in [1.54, 1.807) is 22.7 Å². The summed E-state index contributed by atoms with van der Waals surface area (Å²) in [7, 11) is 0. The van der Waals surface area contributed by atoms with E-state index >= 15 is 0 Å². The monoisotopic (exact) mass is 393 g/mol. The van der Waals surface area contributed by atoms with Gasteiger partial charge in [0.25, 0.3) is 0 Å². The van der Waals surface area contributed by atoms with Gasteiger partial charge >= 0.3 is 0 Å². The highest BCUT2D eigenvalue weighted by Gasteiger charge is 2.26. The maximum atomic E-state index is 4.96. The summed E-state index contributed by atoms with van der Waals surface area (Å²) >= 11 is 3.52. The van der Waals surface area contributed by atoms with Crippen molar-refractivity contribution >= 4 is 59.9 Å². The largest absolute Gasteiger partial charge is 0.341 e. The summed E-state index contributed by atoms with van der Waals surface area (Å²) in [6.07, 6.45) is 7.05. The fourth-order valence-corrected chi connectivity index (χ4v) is 5.80. The Balaban J connectivity index is 1.49. The molecule has 4 heterocycles. The molecule has 6 rings (SSSR count). The van der Waals surface area contributed by atoms with Crippen molar-refractivity contribution in [2.75, 3.05) is 23.3 Å². The lowest BCUT2D eigenvalue weighted by molar-refractivity contribution is 0.909. The van der Waals surface area contributed by atoms with Gasteiger partial charge in [0.05, 0.1) is 10.2 Å². The van der Waals surface area contributed by atoms with Crippen LogP contribution in [0.3, 0.4) is 0 Å². The Hall–Kier alpha value is -2.25. The van der Waals surface area contributed by atoms with Crippen LogP contribution in [0.25, 0.3) is 20.3 Å². The highest BCUT2D eigenvalue weighted by atomic mass is 32.1. The number of thiazole rings is 1. The lowest BCUT2D eigenvalue weighted by Gasteiger charge is -2.16. The third kappa shape index (κ3) is 2.76. The molecule has 4 aromatic rings. The summed E-state index contributed by atoms with van der Waals surface area (Å²) < 4.78 is 2.36. The molecule has 136 valence electrons. The first-order valence-corrected chi connectivity index (χ1v) is 11.2. The molecule has 2 aliphatic rings. The highest BCUT2D eigenvalue weighted by Crippen LogP contribution is 2.44. The molecular formula is C20H19N5S2. The van der Waals surface area contributed by atoms with Gasteiger partial charge in [-0.3, -0.25) is 0 Å². The second kappa shape index (κ2) is 6.14. The van der Waals surface area contributed by atoms with Gasteiger partial charge in [-0.15, -0.1) is 22.7 Å². The van der Waals surface area contributed by atoms with Crippen LogP contribution in [-0.2, 0) is 0 Å². The van der Waals surface area contributed by atoms with Crippen LogP contribution >= 0.6 is 22.7 Å². The number of rotatable bonds is 4. The number of hydrogen-bond acceptors (Lipinski definition) is 7. The van der Waals surface area contributed by atoms with Crippen LogP contribution in [0, 0.1) is 0 Å². The molecule has 0 radical (unpaired) electrons. The standard InChI is InChI=1S/C20H19N5S2/c1-2-6-14-13(5-1)16-17(26-14)18(23-19(22-16)25-9-3-4-10-25)24-20-21-11-15(27-20)12-7-8-12/h1-2,5-6,11-12H,3-4,7-10H2,(H,21,22,23,24). The molecule has 1 aromatic carbocycles. The Labute approximate surface area is 165 Å². The second-order valence-corrected chi connectivity index (χ2v) is 9.42. The van der Waals surface area contributed by atoms with Crippen molar-refractivity contribution < 1.29 is 0 Å².